The Hall–Kier alpha value is -2.42. The molecule has 3 atom stereocenters. The summed E-state index contributed by atoms with van der Waals surface area (Å²) < 4.78 is 87.4. The third-order valence-electron chi connectivity index (χ3n) is 6.27. The van der Waals surface area contributed by atoms with Crippen molar-refractivity contribution in [1.82, 2.24) is 0 Å². The molecule has 2 aliphatic heterocycles. The van der Waals surface area contributed by atoms with Crippen molar-refractivity contribution >= 4 is 5.69 Å². The van der Waals surface area contributed by atoms with Crippen LogP contribution in [-0.4, -0.2) is 24.3 Å². The van der Waals surface area contributed by atoms with Crippen LogP contribution in [0.4, 0.5) is 32.0 Å². The Balaban J connectivity index is 1.89. The van der Waals surface area contributed by atoms with Crippen molar-refractivity contribution in [3.8, 4) is 5.75 Å². The standard InChI is InChI=1S/C21H19F6NO2/c1-19(2)12-7-10(20(29,18(23)24)21(25,26)27)8-14(22)17(12)28-16-11-5-3-4-6-15(11)30-9-13(16)19/h3-8,13,16,18,28-29H,9H2,1-2H3/t13-,16+,20?/m1/s1. The fraction of sp³-hybridized carbons (Fsp3) is 0.429. The lowest BCUT2D eigenvalue weighted by Gasteiger charge is -2.49. The molecule has 0 bridgehead atoms. The molecule has 9 heteroatoms. The van der Waals surface area contributed by atoms with Gasteiger partial charge in [-0.05, 0) is 23.8 Å². The minimum absolute atomic E-state index is 0.0690. The maximum atomic E-state index is 15.0. The summed E-state index contributed by atoms with van der Waals surface area (Å²) in [5, 5.41) is 12.9. The lowest BCUT2D eigenvalue weighted by Crippen LogP contribution is -2.50. The van der Waals surface area contributed by atoms with Crippen molar-refractivity contribution in [3.05, 3.63) is 58.9 Å². The van der Waals surface area contributed by atoms with Gasteiger partial charge in [-0.25, -0.2) is 13.2 Å². The molecule has 2 heterocycles. The van der Waals surface area contributed by atoms with Crippen LogP contribution in [0.2, 0.25) is 0 Å². The maximum Gasteiger partial charge on any atom is 0.427 e. The van der Waals surface area contributed by atoms with Crippen LogP contribution in [-0.2, 0) is 11.0 Å². The van der Waals surface area contributed by atoms with Gasteiger partial charge in [0.05, 0.1) is 18.3 Å². The zero-order chi connectivity index (χ0) is 22.1. The number of benzene rings is 2. The summed E-state index contributed by atoms with van der Waals surface area (Å²) in [5.41, 5.74) is -5.87. The number of hydrogen-bond donors (Lipinski definition) is 2. The molecule has 2 aliphatic rings. The molecule has 0 aromatic heterocycles. The predicted molar refractivity (Wildman–Crippen MR) is 97.2 cm³/mol. The highest BCUT2D eigenvalue weighted by Gasteiger charge is 2.62. The van der Waals surface area contributed by atoms with Gasteiger partial charge in [0.15, 0.2) is 0 Å². The second kappa shape index (κ2) is 6.54. The van der Waals surface area contributed by atoms with Crippen molar-refractivity contribution in [3.63, 3.8) is 0 Å². The van der Waals surface area contributed by atoms with Gasteiger partial charge in [-0.3, -0.25) is 0 Å². The molecular weight excluding hydrogens is 412 g/mol. The van der Waals surface area contributed by atoms with Crippen LogP contribution in [0.5, 0.6) is 5.75 Å². The molecule has 2 N–H and O–H groups in total. The van der Waals surface area contributed by atoms with E-state index in [9.17, 15) is 31.4 Å². The molecule has 0 aliphatic carbocycles. The normalized spacial score (nSPS) is 24.1. The smallest absolute Gasteiger partial charge is 0.427 e. The fourth-order valence-electron chi connectivity index (χ4n) is 4.41. The van der Waals surface area contributed by atoms with Crippen molar-refractivity contribution in [2.45, 2.75) is 43.5 Å². The number of hydrogen-bond acceptors (Lipinski definition) is 3. The average Bonchev–Trinajstić information content (AvgIpc) is 2.66. The van der Waals surface area contributed by atoms with Gasteiger partial charge in [0.2, 0.25) is 5.60 Å². The van der Waals surface area contributed by atoms with Crippen molar-refractivity contribution < 1.29 is 36.2 Å². The molecule has 0 fully saturated rings. The summed E-state index contributed by atoms with van der Waals surface area (Å²) in [6.45, 7) is 3.59. The number of halogens is 6. The van der Waals surface area contributed by atoms with E-state index in [1.807, 2.05) is 6.07 Å². The summed E-state index contributed by atoms with van der Waals surface area (Å²) in [5.74, 6) is -0.840. The summed E-state index contributed by atoms with van der Waals surface area (Å²) in [4.78, 5) is 0. The highest BCUT2D eigenvalue weighted by Crippen LogP contribution is 2.54. The van der Waals surface area contributed by atoms with Gasteiger partial charge in [0.25, 0.3) is 6.43 Å². The van der Waals surface area contributed by atoms with Crippen LogP contribution in [0.25, 0.3) is 0 Å². The van der Waals surface area contributed by atoms with Crippen molar-refractivity contribution in [2.24, 2.45) is 5.92 Å². The van der Waals surface area contributed by atoms with E-state index in [0.29, 0.717) is 11.8 Å². The average molecular weight is 431 g/mol. The predicted octanol–water partition coefficient (Wildman–Crippen LogP) is 5.29. The van der Waals surface area contributed by atoms with Crippen LogP contribution in [0.1, 0.15) is 36.6 Å². The molecule has 1 unspecified atom stereocenters. The molecule has 162 valence electrons. The highest BCUT2D eigenvalue weighted by atomic mass is 19.4. The van der Waals surface area contributed by atoms with Crippen LogP contribution in [0, 0.1) is 11.7 Å². The Labute approximate surface area is 168 Å². The molecule has 2 aromatic carbocycles. The molecule has 3 nitrogen and oxygen atoms in total. The number of fused-ring (bicyclic) bond motifs is 4. The second-order valence-electron chi connectivity index (χ2n) is 8.24. The topological polar surface area (TPSA) is 41.5 Å². The Bertz CT molecular complexity index is 990. The highest BCUT2D eigenvalue weighted by molar-refractivity contribution is 5.63. The third-order valence-corrected chi connectivity index (χ3v) is 6.27. The molecule has 4 rings (SSSR count). The van der Waals surface area contributed by atoms with Crippen LogP contribution in [0.15, 0.2) is 36.4 Å². The number of rotatable bonds is 2. The summed E-state index contributed by atoms with van der Waals surface area (Å²) >= 11 is 0. The van der Waals surface area contributed by atoms with Crippen LogP contribution >= 0.6 is 0 Å². The first-order valence-electron chi connectivity index (χ1n) is 9.29. The first-order chi connectivity index (χ1) is 13.9. The second-order valence-corrected chi connectivity index (χ2v) is 8.24. The number of anilines is 1. The van der Waals surface area contributed by atoms with E-state index in [4.69, 9.17) is 4.74 Å². The lowest BCUT2D eigenvalue weighted by atomic mass is 9.64. The number of aliphatic hydroxyl groups is 1. The van der Waals surface area contributed by atoms with Gasteiger partial charge in [0.1, 0.15) is 11.6 Å². The minimum atomic E-state index is -5.69. The quantitative estimate of drug-likeness (QED) is 0.635. The molecule has 0 amide bonds. The Morgan fingerprint density at radius 1 is 1.17 bits per heavy atom. The fourth-order valence-corrected chi connectivity index (χ4v) is 4.41. The van der Waals surface area contributed by atoms with Gasteiger partial charge < -0.3 is 15.2 Å². The van der Waals surface area contributed by atoms with Gasteiger partial charge in [0, 0.05) is 22.5 Å². The van der Waals surface area contributed by atoms with E-state index in [0.717, 1.165) is 11.6 Å². The zero-order valence-electron chi connectivity index (χ0n) is 16.0. The van der Waals surface area contributed by atoms with Gasteiger partial charge in [-0.1, -0.05) is 32.0 Å². The SMILES string of the molecule is CC1(C)c2cc(C(O)(C(F)F)C(F)(F)F)cc(F)c2N[C@H]2c3ccccc3OC[C@H]21. The summed E-state index contributed by atoms with van der Waals surface area (Å²) in [7, 11) is 0. The molecule has 2 aromatic rings. The van der Waals surface area contributed by atoms with E-state index in [2.05, 4.69) is 5.32 Å². The molecular formula is C21H19F6NO2. The largest absolute Gasteiger partial charge is 0.493 e. The van der Waals surface area contributed by atoms with Gasteiger partial charge in [-0.15, -0.1) is 0 Å². The van der Waals surface area contributed by atoms with Crippen LogP contribution in [0.3, 0.4) is 0 Å². The Morgan fingerprint density at radius 3 is 2.47 bits per heavy atom. The number of nitrogens with one attached hydrogen (secondary N) is 1. The Morgan fingerprint density at radius 2 is 1.83 bits per heavy atom. The molecule has 0 saturated carbocycles. The summed E-state index contributed by atoms with van der Waals surface area (Å²) in [6, 6.07) is 7.92. The van der Waals surface area contributed by atoms with E-state index < -0.39 is 35.0 Å². The molecule has 0 radical (unpaired) electrons. The minimum Gasteiger partial charge on any atom is -0.493 e. The van der Waals surface area contributed by atoms with Crippen molar-refractivity contribution in [1.29, 1.82) is 0 Å². The third kappa shape index (κ3) is 2.78. The number of ether oxygens (including phenoxy) is 1. The van der Waals surface area contributed by atoms with Crippen molar-refractivity contribution in [2.75, 3.05) is 11.9 Å². The van der Waals surface area contributed by atoms with Gasteiger partial charge >= 0.3 is 6.18 Å². The molecule has 0 spiro atoms. The zero-order valence-corrected chi connectivity index (χ0v) is 16.0. The number of para-hydroxylation sites is 1. The maximum absolute atomic E-state index is 15.0. The molecule has 30 heavy (non-hydrogen) atoms. The summed E-state index contributed by atoms with van der Waals surface area (Å²) in [6.07, 6.45) is -9.88. The van der Waals surface area contributed by atoms with E-state index in [1.165, 1.54) is 0 Å². The molecule has 0 saturated heterocycles. The Kier molecular flexibility index (Phi) is 4.54. The van der Waals surface area contributed by atoms with E-state index in [-0.39, 0.29) is 29.8 Å². The number of alkyl halides is 5. The first-order valence-corrected chi connectivity index (χ1v) is 9.29. The monoisotopic (exact) mass is 431 g/mol. The van der Waals surface area contributed by atoms with E-state index >= 15 is 0 Å². The first kappa shape index (κ1) is 20.8. The van der Waals surface area contributed by atoms with Crippen LogP contribution < -0.4 is 10.1 Å². The van der Waals surface area contributed by atoms with E-state index in [1.54, 1.807) is 32.0 Å². The lowest BCUT2D eigenvalue weighted by molar-refractivity contribution is -0.305. The van der Waals surface area contributed by atoms with Gasteiger partial charge in [-0.2, -0.15) is 13.2 Å².